The predicted molar refractivity (Wildman–Crippen MR) is 76.1 cm³/mol. The summed E-state index contributed by atoms with van der Waals surface area (Å²) in [5, 5.41) is 3.35. The van der Waals surface area contributed by atoms with Crippen LogP contribution in [0.4, 0.5) is 8.78 Å². The fourth-order valence-corrected chi connectivity index (χ4v) is 3.63. The Labute approximate surface area is 123 Å². The Morgan fingerprint density at radius 2 is 1.95 bits per heavy atom. The minimum Gasteiger partial charge on any atom is -0.330 e. The van der Waals surface area contributed by atoms with E-state index in [2.05, 4.69) is 5.32 Å². The van der Waals surface area contributed by atoms with E-state index in [1.54, 1.807) is 4.90 Å². The molecule has 0 radical (unpaired) electrons. The second-order valence-electron chi connectivity index (χ2n) is 6.02. The summed E-state index contributed by atoms with van der Waals surface area (Å²) in [4.78, 5) is 14.5. The molecule has 3 nitrogen and oxygen atoms in total. The summed E-state index contributed by atoms with van der Waals surface area (Å²) in [6.45, 7) is 1.99. The fourth-order valence-electron chi connectivity index (χ4n) is 3.63. The van der Waals surface area contributed by atoms with Gasteiger partial charge in [0.15, 0.2) is 11.6 Å². The van der Waals surface area contributed by atoms with E-state index >= 15 is 0 Å². The smallest absolute Gasteiger partial charge is 0.257 e. The molecule has 0 bridgehead atoms. The van der Waals surface area contributed by atoms with Gasteiger partial charge in [-0.15, -0.1) is 0 Å². The van der Waals surface area contributed by atoms with Crippen LogP contribution in [0.15, 0.2) is 18.2 Å². The van der Waals surface area contributed by atoms with Crippen molar-refractivity contribution in [2.45, 2.75) is 37.6 Å². The van der Waals surface area contributed by atoms with E-state index < -0.39 is 11.6 Å². The lowest BCUT2D eigenvalue weighted by Crippen LogP contribution is -2.63. The lowest BCUT2D eigenvalue weighted by molar-refractivity contribution is 0.0218. The maximum absolute atomic E-state index is 13.9. The predicted octanol–water partition coefficient (Wildman–Crippen LogP) is 2.71. The van der Waals surface area contributed by atoms with Gasteiger partial charge in [0, 0.05) is 19.6 Å². The topological polar surface area (TPSA) is 32.3 Å². The molecule has 1 N–H and O–H groups in total. The number of nitrogens with zero attached hydrogens (tertiary/aromatic N) is 1. The highest BCUT2D eigenvalue weighted by Gasteiger charge is 2.43. The fraction of sp³-hybridized carbons (Fsp3) is 0.562. The summed E-state index contributed by atoms with van der Waals surface area (Å²) in [7, 11) is 0. The van der Waals surface area contributed by atoms with Gasteiger partial charge in [0.05, 0.1) is 11.1 Å². The molecule has 1 amide bonds. The molecular weight excluding hydrogens is 274 g/mol. The molecule has 0 aromatic heterocycles. The van der Waals surface area contributed by atoms with Crippen LogP contribution < -0.4 is 5.32 Å². The number of nitrogens with one attached hydrogen (secondary N) is 1. The summed E-state index contributed by atoms with van der Waals surface area (Å²) < 4.78 is 27.3. The maximum Gasteiger partial charge on any atom is 0.257 e. The van der Waals surface area contributed by atoms with Gasteiger partial charge in [-0.3, -0.25) is 4.79 Å². The van der Waals surface area contributed by atoms with Crippen molar-refractivity contribution in [2.75, 3.05) is 19.6 Å². The number of carbonyl (C=O) groups is 1. The molecule has 114 valence electrons. The molecular formula is C16H20F2N2O. The molecule has 1 aromatic carbocycles. The van der Waals surface area contributed by atoms with Crippen molar-refractivity contribution in [3.8, 4) is 0 Å². The molecule has 0 unspecified atom stereocenters. The van der Waals surface area contributed by atoms with E-state index in [-0.39, 0.29) is 17.0 Å². The van der Waals surface area contributed by atoms with Gasteiger partial charge in [-0.1, -0.05) is 25.3 Å². The minimum absolute atomic E-state index is 0.151. The number of hydrogen-bond donors (Lipinski definition) is 1. The molecule has 1 saturated heterocycles. The molecule has 0 atom stereocenters. The molecule has 1 saturated carbocycles. The van der Waals surface area contributed by atoms with Crippen LogP contribution in [-0.4, -0.2) is 36.0 Å². The number of piperazine rings is 1. The van der Waals surface area contributed by atoms with Gasteiger partial charge < -0.3 is 10.2 Å². The normalized spacial score (nSPS) is 21.5. The van der Waals surface area contributed by atoms with Gasteiger partial charge in [0.2, 0.25) is 0 Å². The second kappa shape index (κ2) is 5.72. The highest BCUT2D eigenvalue weighted by Crippen LogP contribution is 2.35. The van der Waals surface area contributed by atoms with Gasteiger partial charge in [0.25, 0.3) is 5.91 Å². The molecule has 3 rings (SSSR count). The molecule has 1 aliphatic heterocycles. The maximum atomic E-state index is 13.9. The van der Waals surface area contributed by atoms with Gasteiger partial charge in [-0.2, -0.15) is 0 Å². The summed E-state index contributed by atoms with van der Waals surface area (Å²) in [5.74, 6) is -2.38. The zero-order valence-electron chi connectivity index (χ0n) is 12.0. The van der Waals surface area contributed by atoms with Gasteiger partial charge >= 0.3 is 0 Å². The Kier molecular flexibility index (Phi) is 3.93. The lowest BCUT2D eigenvalue weighted by atomic mass is 9.78. The molecule has 21 heavy (non-hydrogen) atoms. The first kappa shape index (κ1) is 14.4. The average molecular weight is 294 g/mol. The van der Waals surface area contributed by atoms with Crippen LogP contribution in [0.1, 0.15) is 42.5 Å². The van der Waals surface area contributed by atoms with Gasteiger partial charge in [0.1, 0.15) is 0 Å². The van der Waals surface area contributed by atoms with Crippen LogP contribution in [0.25, 0.3) is 0 Å². The lowest BCUT2D eigenvalue weighted by Gasteiger charge is -2.49. The molecule has 1 aliphatic carbocycles. The number of benzene rings is 1. The minimum atomic E-state index is -1.04. The van der Waals surface area contributed by atoms with Crippen LogP contribution in [-0.2, 0) is 0 Å². The van der Waals surface area contributed by atoms with Crippen LogP contribution in [0.5, 0.6) is 0 Å². The third kappa shape index (κ3) is 2.55. The molecule has 1 heterocycles. The van der Waals surface area contributed by atoms with Crippen molar-refractivity contribution in [3.63, 3.8) is 0 Å². The standard InChI is InChI=1S/C16H20F2N2O/c17-13-6-4-5-12(14(13)18)15(21)20-10-9-19-11-16(20)7-2-1-3-8-16/h4-6,19H,1-3,7-11H2. The van der Waals surface area contributed by atoms with Crippen molar-refractivity contribution in [3.05, 3.63) is 35.4 Å². The molecule has 1 aromatic rings. The van der Waals surface area contributed by atoms with Crippen molar-refractivity contribution in [2.24, 2.45) is 0 Å². The molecule has 2 fully saturated rings. The summed E-state index contributed by atoms with van der Waals surface area (Å²) >= 11 is 0. The monoisotopic (exact) mass is 294 g/mol. The number of halogens is 2. The van der Waals surface area contributed by atoms with Crippen LogP contribution >= 0.6 is 0 Å². The largest absolute Gasteiger partial charge is 0.330 e. The number of hydrogen-bond acceptors (Lipinski definition) is 2. The Bertz CT molecular complexity index is 533. The van der Waals surface area contributed by atoms with Crippen LogP contribution in [0.2, 0.25) is 0 Å². The van der Waals surface area contributed by atoms with Crippen molar-refractivity contribution in [1.29, 1.82) is 0 Å². The van der Waals surface area contributed by atoms with Crippen molar-refractivity contribution in [1.82, 2.24) is 10.2 Å². The first-order valence-electron chi connectivity index (χ1n) is 7.61. The number of carbonyl (C=O) groups excluding carboxylic acids is 1. The zero-order valence-corrected chi connectivity index (χ0v) is 12.0. The summed E-state index contributed by atoms with van der Waals surface area (Å²) in [5.41, 5.74) is -0.381. The van der Waals surface area contributed by atoms with Crippen LogP contribution in [0.3, 0.4) is 0 Å². The Balaban J connectivity index is 1.92. The summed E-state index contributed by atoms with van der Waals surface area (Å²) in [6.07, 6.45) is 5.21. The van der Waals surface area contributed by atoms with Crippen LogP contribution in [0, 0.1) is 11.6 Å². The number of rotatable bonds is 1. The first-order valence-corrected chi connectivity index (χ1v) is 7.61. The highest BCUT2D eigenvalue weighted by molar-refractivity contribution is 5.95. The van der Waals surface area contributed by atoms with Gasteiger partial charge in [-0.25, -0.2) is 8.78 Å². The molecule has 2 aliphatic rings. The quantitative estimate of drug-likeness (QED) is 0.864. The summed E-state index contributed by atoms with van der Waals surface area (Å²) in [6, 6.07) is 3.81. The third-order valence-electron chi connectivity index (χ3n) is 4.75. The average Bonchev–Trinajstić information content (AvgIpc) is 2.51. The van der Waals surface area contributed by atoms with E-state index in [1.807, 2.05) is 0 Å². The highest BCUT2D eigenvalue weighted by atomic mass is 19.2. The molecule has 1 spiro atoms. The van der Waals surface area contributed by atoms with Crippen molar-refractivity contribution < 1.29 is 13.6 Å². The van der Waals surface area contributed by atoms with Crippen molar-refractivity contribution >= 4 is 5.91 Å². The Hall–Kier alpha value is -1.49. The first-order chi connectivity index (χ1) is 10.1. The third-order valence-corrected chi connectivity index (χ3v) is 4.75. The van der Waals surface area contributed by atoms with E-state index in [9.17, 15) is 13.6 Å². The SMILES string of the molecule is O=C(c1cccc(F)c1F)N1CCNCC12CCCCC2. The van der Waals surface area contributed by atoms with E-state index in [0.29, 0.717) is 13.1 Å². The van der Waals surface area contributed by atoms with E-state index in [4.69, 9.17) is 0 Å². The van der Waals surface area contributed by atoms with Gasteiger partial charge in [-0.05, 0) is 25.0 Å². The Morgan fingerprint density at radius 1 is 1.19 bits per heavy atom. The van der Waals surface area contributed by atoms with E-state index in [1.165, 1.54) is 18.6 Å². The zero-order chi connectivity index (χ0) is 14.9. The van der Waals surface area contributed by atoms with E-state index in [0.717, 1.165) is 38.3 Å². The second-order valence-corrected chi connectivity index (χ2v) is 6.02. The number of amides is 1. The molecule has 5 heteroatoms. The Morgan fingerprint density at radius 3 is 2.71 bits per heavy atom.